The minimum atomic E-state index is -0.676. The van der Waals surface area contributed by atoms with Crippen molar-refractivity contribution in [3.63, 3.8) is 0 Å². The third kappa shape index (κ3) is 18.1. The van der Waals surface area contributed by atoms with Crippen molar-refractivity contribution >= 4 is 5.97 Å². The van der Waals surface area contributed by atoms with Gasteiger partial charge in [-0.2, -0.15) is 0 Å². The number of rotatable bonds is 24. The Morgan fingerprint density at radius 3 is 1.07 bits per heavy atom. The van der Waals surface area contributed by atoms with Crippen LogP contribution in [0.5, 0.6) is 0 Å². The molecule has 0 atom stereocenters. The van der Waals surface area contributed by atoms with E-state index < -0.39 is 5.97 Å². The molecule has 0 aliphatic carbocycles. The number of hydrogen-bond donors (Lipinski definition) is 4. The van der Waals surface area contributed by atoms with E-state index >= 15 is 0 Å². The Morgan fingerprint density at radius 2 is 0.767 bits per heavy atom. The van der Waals surface area contributed by atoms with Crippen LogP contribution in [0, 0.1) is 0 Å². The van der Waals surface area contributed by atoms with E-state index in [1.165, 1.54) is 77.0 Å². The summed E-state index contributed by atoms with van der Waals surface area (Å²) in [6.07, 6.45) is 18.7. The normalized spacial score (nSPS) is 11.8. The van der Waals surface area contributed by atoms with Crippen molar-refractivity contribution < 1.29 is 29.7 Å². The molecule has 0 aromatic carbocycles. The number of aliphatic carboxylic acids is 1. The highest BCUT2D eigenvalue weighted by Gasteiger charge is 2.25. The number of aliphatic hydroxyl groups excluding tert-OH is 3. The molecule has 6 nitrogen and oxygen atoms in total. The molecule has 4 N–H and O–H groups in total. The van der Waals surface area contributed by atoms with Crippen molar-refractivity contribution in [1.82, 2.24) is 0 Å². The van der Waals surface area contributed by atoms with Crippen LogP contribution in [-0.4, -0.2) is 76.9 Å². The van der Waals surface area contributed by atoms with Crippen LogP contribution in [0.3, 0.4) is 0 Å². The molecule has 0 heterocycles. The van der Waals surface area contributed by atoms with Crippen LogP contribution in [0.25, 0.3) is 0 Å². The van der Waals surface area contributed by atoms with Gasteiger partial charge in [0.1, 0.15) is 19.6 Å². The van der Waals surface area contributed by atoms with Crippen LogP contribution < -0.4 is 0 Å². The van der Waals surface area contributed by atoms with Gasteiger partial charge in [0.25, 0.3) is 0 Å². The Balaban J connectivity index is 3.44. The fourth-order valence-electron chi connectivity index (χ4n) is 4.33. The smallest absolute Gasteiger partial charge is 0.303 e. The number of unbranched alkanes of at least 4 members (excludes halogenated alkanes) is 14. The molecule has 0 spiro atoms. The van der Waals surface area contributed by atoms with Crippen molar-refractivity contribution in [3.05, 3.63) is 0 Å². The maximum absolute atomic E-state index is 10.4. The first-order chi connectivity index (χ1) is 14.6. The van der Waals surface area contributed by atoms with Crippen molar-refractivity contribution in [2.75, 3.05) is 46.0 Å². The number of hydrogen-bond acceptors (Lipinski definition) is 4. The zero-order valence-electron chi connectivity index (χ0n) is 19.4. The molecule has 0 amide bonds. The van der Waals surface area contributed by atoms with Crippen LogP contribution in [-0.2, 0) is 4.79 Å². The molecule has 0 bridgehead atoms. The topological polar surface area (TPSA) is 98.0 Å². The van der Waals surface area contributed by atoms with Crippen LogP contribution >= 0.6 is 0 Å². The van der Waals surface area contributed by atoms with E-state index in [2.05, 4.69) is 0 Å². The summed E-state index contributed by atoms with van der Waals surface area (Å²) in [4.78, 5) is 10.4. The van der Waals surface area contributed by atoms with Gasteiger partial charge in [-0.1, -0.05) is 77.0 Å². The summed E-state index contributed by atoms with van der Waals surface area (Å²) in [7, 11) is 0. The molecule has 30 heavy (non-hydrogen) atoms. The summed E-state index contributed by atoms with van der Waals surface area (Å²) in [5.41, 5.74) is 0. The fourth-order valence-corrected chi connectivity index (χ4v) is 4.33. The molecule has 0 unspecified atom stereocenters. The number of carboxylic acids is 1. The second-order valence-electron chi connectivity index (χ2n) is 8.85. The van der Waals surface area contributed by atoms with Crippen LogP contribution in [0.15, 0.2) is 0 Å². The largest absolute Gasteiger partial charge is 0.481 e. The predicted octanol–water partition coefficient (Wildman–Crippen LogP) is 4.11. The lowest BCUT2D eigenvalue weighted by Gasteiger charge is -2.37. The van der Waals surface area contributed by atoms with Crippen molar-refractivity contribution in [1.29, 1.82) is 0 Å². The quantitative estimate of drug-likeness (QED) is 0.136. The Labute approximate surface area is 184 Å². The van der Waals surface area contributed by atoms with E-state index in [0.29, 0.717) is 30.5 Å². The van der Waals surface area contributed by atoms with Gasteiger partial charge in [0, 0.05) is 6.42 Å². The first-order valence-electron chi connectivity index (χ1n) is 12.5. The Hall–Kier alpha value is -0.690. The third-order valence-electron chi connectivity index (χ3n) is 6.25. The minimum absolute atomic E-state index is 0.104. The average molecular weight is 433 g/mol. The van der Waals surface area contributed by atoms with Gasteiger partial charge in [-0.15, -0.1) is 0 Å². The van der Waals surface area contributed by atoms with Gasteiger partial charge >= 0.3 is 5.97 Å². The monoisotopic (exact) mass is 432 g/mol. The van der Waals surface area contributed by atoms with Crippen molar-refractivity contribution in [2.45, 2.75) is 103 Å². The van der Waals surface area contributed by atoms with E-state index in [1.54, 1.807) is 0 Å². The second kappa shape index (κ2) is 21.5. The minimum Gasteiger partial charge on any atom is -0.481 e. The highest BCUT2D eigenvalue weighted by atomic mass is 16.4. The molecule has 0 aromatic rings. The lowest BCUT2D eigenvalue weighted by molar-refractivity contribution is -0.929. The van der Waals surface area contributed by atoms with E-state index in [9.17, 15) is 20.1 Å². The van der Waals surface area contributed by atoms with Gasteiger partial charge in [-0.25, -0.2) is 0 Å². The molecular formula is C24H50NO5+. The maximum atomic E-state index is 10.4. The summed E-state index contributed by atoms with van der Waals surface area (Å²) in [6.45, 7) is 3.09. The van der Waals surface area contributed by atoms with Gasteiger partial charge in [-0.05, 0) is 19.3 Å². The number of quaternary nitrogens is 1. The first-order valence-corrected chi connectivity index (χ1v) is 12.5. The predicted molar refractivity (Wildman–Crippen MR) is 122 cm³/mol. The summed E-state index contributed by atoms with van der Waals surface area (Å²) in [5, 5.41) is 36.5. The third-order valence-corrected chi connectivity index (χ3v) is 6.25. The van der Waals surface area contributed by atoms with E-state index in [0.717, 1.165) is 25.8 Å². The summed E-state index contributed by atoms with van der Waals surface area (Å²) in [5.74, 6) is -0.676. The van der Waals surface area contributed by atoms with Gasteiger partial charge in [0.05, 0.1) is 26.4 Å². The molecule has 0 saturated heterocycles. The summed E-state index contributed by atoms with van der Waals surface area (Å²) < 4.78 is 0.631. The Bertz CT molecular complexity index is 362. The van der Waals surface area contributed by atoms with E-state index in [-0.39, 0.29) is 19.8 Å². The van der Waals surface area contributed by atoms with Gasteiger partial charge in [0.15, 0.2) is 0 Å². The molecule has 0 fully saturated rings. The molecule has 6 heteroatoms. The zero-order valence-corrected chi connectivity index (χ0v) is 19.4. The zero-order chi connectivity index (χ0) is 22.3. The number of aliphatic hydroxyl groups is 3. The summed E-state index contributed by atoms with van der Waals surface area (Å²) >= 11 is 0. The SMILES string of the molecule is O=C(O)CCCCCCCCCCCCCCCCC[N+](CCO)(CCO)CCO. The average Bonchev–Trinajstić information content (AvgIpc) is 2.70. The molecule has 0 aromatic heterocycles. The Morgan fingerprint density at radius 1 is 0.467 bits per heavy atom. The Kier molecular flexibility index (Phi) is 21.0. The maximum Gasteiger partial charge on any atom is 0.303 e. The second-order valence-corrected chi connectivity index (χ2v) is 8.85. The van der Waals surface area contributed by atoms with Gasteiger partial charge < -0.3 is 24.9 Å². The van der Waals surface area contributed by atoms with Gasteiger partial charge in [-0.3, -0.25) is 4.79 Å². The molecule has 0 aliphatic heterocycles. The molecule has 0 rings (SSSR count). The van der Waals surface area contributed by atoms with E-state index in [4.69, 9.17) is 5.11 Å². The first kappa shape index (κ1) is 29.3. The number of nitrogens with zero attached hydrogens (tertiary/aromatic N) is 1. The lowest BCUT2D eigenvalue weighted by atomic mass is 10.0. The van der Waals surface area contributed by atoms with Crippen LogP contribution in [0.4, 0.5) is 0 Å². The molecule has 180 valence electrons. The standard InChI is InChI=1S/C24H49NO5/c26-21-18-25(19-22-27,20-23-28)17-15-13-11-9-7-5-3-1-2-4-6-8-10-12-14-16-24(29)30/h26-28H,1-23H2/p+1. The van der Waals surface area contributed by atoms with E-state index in [1.807, 2.05) is 0 Å². The molecular weight excluding hydrogens is 382 g/mol. The van der Waals surface area contributed by atoms with Crippen LogP contribution in [0.1, 0.15) is 103 Å². The highest BCUT2D eigenvalue weighted by molar-refractivity contribution is 5.66. The fraction of sp³-hybridized carbons (Fsp3) is 0.958. The number of carboxylic acid groups (broad SMARTS) is 1. The molecule has 0 saturated carbocycles. The summed E-state index contributed by atoms with van der Waals surface area (Å²) in [6, 6.07) is 0. The highest BCUT2D eigenvalue weighted by Crippen LogP contribution is 2.15. The molecule has 0 aliphatic rings. The van der Waals surface area contributed by atoms with Gasteiger partial charge in [0.2, 0.25) is 0 Å². The number of carbonyl (C=O) groups is 1. The lowest BCUT2D eigenvalue weighted by Crippen LogP contribution is -2.53. The molecule has 0 radical (unpaired) electrons. The van der Waals surface area contributed by atoms with Crippen LogP contribution in [0.2, 0.25) is 0 Å². The van der Waals surface area contributed by atoms with Crippen molar-refractivity contribution in [3.8, 4) is 0 Å². The van der Waals surface area contributed by atoms with Crippen molar-refractivity contribution in [2.24, 2.45) is 0 Å².